The van der Waals surface area contributed by atoms with Crippen LogP contribution in [0.2, 0.25) is 0 Å². The van der Waals surface area contributed by atoms with Crippen LogP contribution in [0.3, 0.4) is 0 Å². The lowest BCUT2D eigenvalue weighted by molar-refractivity contribution is 0.815. The molecule has 1 heterocycles. The van der Waals surface area contributed by atoms with Crippen LogP contribution in [0.4, 0.5) is 0 Å². The molecular weight excluding hydrogens is 250 g/mol. The molecule has 0 aliphatic carbocycles. The van der Waals surface area contributed by atoms with Crippen molar-refractivity contribution < 1.29 is 0 Å². The molecule has 0 amide bonds. The number of nitrogens with two attached hydrogens (primary N) is 1. The van der Waals surface area contributed by atoms with E-state index in [1.165, 1.54) is 0 Å². The smallest absolute Gasteiger partial charge is 0.204 e. The normalized spacial score (nSPS) is 33.3. The number of hydrogen-bond donors (Lipinski definition) is 2. The third-order valence-electron chi connectivity index (χ3n) is 0.999. The third-order valence-corrected chi connectivity index (χ3v) is 2.26. The molecule has 0 saturated heterocycles. The van der Waals surface area contributed by atoms with Crippen molar-refractivity contribution in [3.63, 3.8) is 0 Å². The molecule has 0 bridgehead atoms. The van der Waals surface area contributed by atoms with Crippen LogP contribution in [0.5, 0.6) is 0 Å². The molecular formula is C5H6ClIN2. The fourth-order valence-corrected chi connectivity index (χ4v) is 0.978. The summed E-state index contributed by atoms with van der Waals surface area (Å²) in [6.45, 7) is 0. The zero-order valence-electron chi connectivity index (χ0n) is 4.57. The number of allylic oxidation sites excluding steroid dienone is 2. The molecule has 0 saturated carbocycles. The van der Waals surface area contributed by atoms with Gasteiger partial charge in [-0.05, 0) is 40.9 Å². The zero-order valence-corrected chi connectivity index (χ0v) is 7.48. The summed E-state index contributed by atoms with van der Waals surface area (Å²) in [5, 5.41) is 2.89. The highest BCUT2D eigenvalue weighted by atomic mass is 127. The fraction of sp³-hybridized carbons (Fsp3) is 0.200. The Morgan fingerprint density at radius 2 is 2.44 bits per heavy atom. The first-order valence-electron chi connectivity index (χ1n) is 2.41. The summed E-state index contributed by atoms with van der Waals surface area (Å²) in [6.07, 6.45) is 5.35. The van der Waals surface area contributed by atoms with E-state index in [2.05, 4.69) is 5.32 Å². The van der Waals surface area contributed by atoms with E-state index >= 15 is 0 Å². The zero-order chi connectivity index (χ0) is 6.91. The van der Waals surface area contributed by atoms with Crippen molar-refractivity contribution in [3.8, 4) is 0 Å². The second-order valence-electron chi connectivity index (χ2n) is 1.70. The molecule has 3 N–H and O–H groups in total. The Morgan fingerprint density at radius 1 is 1.78 bits per heavy atom. The second-order valence-corrected chi connectivity index (χ2v) is 4.52. The van der Waals surface area contributed by atoms with Gasteiger partial charge in [0.1, 0.15) is 0 Å². The van der Waals surface area contributed by atoms with Crippen LogP contribution in [0.25, 0.3) is 0 Å². The SMILES string of the molecule is NC1=CC=CNC1(Cl)I. The number of rotatable bonds is 0. The second kappa shape index (κ2) is 2.38. The molecule has 0 radical (unpaired) electrons. The molecule has 0 aromatic carbocycles. The van der Waals surface area contributed by atoms with Crippen LogP contribution < -0.4 is 11.1 Å². The minimum atomic E-state index is -0.619. The van der Waals surface area contributed by atoms with Gasteiger partial charge in [-0.25, -0.2) is 0 Å². The summed E-state index contributed by atoms with van der Waals surface area (Å²) < 4.78 is -0.619. The number of dihydropyridines is 1. The quantitative estimate of drug-likeness (QED) is 0.389. The van der Waals surface area contributed by atoms with Gasteiger partial charge >= 0.3 is 0 Å². The van der Waals surface area contributed by atoms with Crippen LogP contribution >= 0.6 is 34.2 Å². The number of halogens is 2. The number of alkyl halides is 2. The molecule has 1 aliphatic rings. The Labute approximate surface area is 72.3 Å². The Kier molecular flexibility index (Phi) is 1.91. The minimum absolute atomic E-state index is 0.619. The first-order valence-corrected chi connectivity index (χ1v) is 3.87. The molecule has 0 spiro atoms. The predicted molar refractivity (Wildman–Crippen MR) is 47.2 cm³/mol. The average molecular weight is 256 g/mol. The Hall–Kier alpha value is 0.1000. The van der Waals surface area contributed by atoms with Gasteiger partial charge in [0, 0.05) is 0 Å². The van der Waals surface area contributed by atoms with Crippen molar-refractivity contribution >= 4 is 34.2 Å². The first-order chi connectivity index (χ1) is 4.13. The Bertz CT molecular complexity index is 174. The van der Waals surface area contributed by atoms with Gasteiger partial charge in [0.25, 0.3) is 0 Å². The summed E-state index contributed by atoms with van der Waals surface area (Å²) in [5.74, 6) is 0. The monoisotopic (exact) mass is 256 g/mol. The van der Waals surface area contributed by atoms with Crippen LogP contribution in [0.15, 0.2) is 24.0 Å². The number of nitrogens with one attached hydrogen (secondary N) is 1. The Morgan fingerprint density at radius 3 is 2.78 bits per heavy atom. The van der Waals surface area contributed by atoms with Crippen molar-refractivity contribution in [2.24, 2.45) is 5.73 Å². The van der Waals surface area contributed by atoms with Gasteiger partial charge in [-0.2, -0.15) is 0 Å². The summed E-state index contributed by atoms with van der Waals surface area (Å²) in [6, 6.07) is 0. The molecule has 1 rings (SSSR count). The van der Waals surface area contributed by atoms with Crippen LogP contribution in [0, 0.1) is 0 Å². The first kappa shape index (κ1) is 7.21. The molecule has 4 heteroatoms. The van der Waals surface area contributed by atoms with E-state index in [4.69, 9.17) is 17.3 Å². The van der Waals surface area contributed by atoms with Gasteiger partial charge in [0.2, 0.25) is 3.00 Å². The molecule has 0 fully saturated rings. The average Bonchev–Trinajstić information content (AvgIpc) is 1.77. The molecule has 1 aliphatic heterocycles. The lowest BCUT2D eigenvalue weighted by Crippen LogP contribution is -2.36. The Balaban J connectivity index is 2.83. The highest BCUT2D eigenvalue weighted by Gasteiger charge is 2.25. The molecule has 0 aromatic rings. The molecule has 50 valence electrons. The van der Waals surface area contributed by atoms with Gasteiger partial charge < -0.3 is 11.1 Å². The fourth-order valence-electron chi connectivity index (χ4n) is 0.493. The highest BCUT2D eigenvalue weighted by Crippen LogP contribution is 2.28. The number of hydrogen-bond acceptors (Lipinski definition) is 2. The standard InChI is InChI=1S/C5H6ClIN2/c6-5(7)4(8)2-1-3-9-5/h1-3,9H,8H2. The molecule has 0 aromatic heterocycles. The lowest BCUT2D eigenvalue weighted by atomic mass is 10.3. The van der Waals surface area contributed by atoms with E-state index < -0.39 is 3.00 Å². The van der Waals surface area contributed by atoms with E-state index in [1.807, 2.05) is 28.7 Å². The highest BCUT2D eigenvalue weighted by molar-refractivity contribution is 14.1. The van der Waals surface area contributed by atoms with Crippen LogP contribution in [0.1, 0.15) is 0 Å². The summed E-state index contributed by atoms with van der Waals surface area (Å²) in [5.41, 5.74) is 6.15. The maximum Gasteiger partial charge on any atom is 0.204 e. The maximum absolute atomic E-state index is 5.85. The third kappa shape index (κ3) is 1.52. The van der Waals surface area contributed by atoms with Gasteiger partial charge in [-0.3, -0.25) is 0 Å². The van der Waals surface area contributed by atoms with Crippen molar-refractivity contribution in [2.45, 2.75) is 3.00 Å². The van der Waals surface area contributed by atoms with Crippen LogP contribution in [-0.2, 0) is 0 Å². The predicted octanol–water partition coefficient (Wildman–Crippen LogP) is 1.27. The van der Waals surface area contributed by atoms with Crippen LogP contribution in [-0.4, -0.2) is 3.00 Å². The minimum Gasteiger partial charge on any atom is -0.398 e. The lowest BCUT2D eigenvalue weighted by Gasteiger charge is -2.22. The van der Waals surface area contributed by atoms with Crippen molar-refractivity contribution in [1.82, 2.24) is 5.32 Å². The van der Waals surface area contributed by atoms with Gasteiger partial charge in [0.05, 0.1) is 5.70 Å². The molecule has 9 heavy (non-hydrogen) atoms. The van der Waals surface area contributed by atoms with E-state index in [1.54, 1.807) is 12.3 Å². The summed E-state index contributed by atoms with van der Waals surface area (Å²) in [7, 11) is 0. The summed E-state index contributed by atoms with van der Waals surface area (Å²) >= 11 is 7.88. The van der Waals surface area contributed by atoms with Crippen molar-refractivity contribution in [3.05, 3.63) is 24.0 Å². The van der Waals surface area contributed by atoms with Crippen molar-refractivity contribution in [1.29, 1.82) is 0 Å². The van der Waals surface area contributed by atoms with E-state index in [9.17, 15) is 0 Å². The molecule has 1 unspecified atom stereocenters. The molecule has 1 atom stereocenters. The summed E-state index contributed by atoms with van der Waals surface area (Å²) in [4.78, 5) is 0. The maximum atomic E-state index is 5.85. The van der Waals surface area contributed by atoms with Gasteiger partial charge in [-0.15, -0.1) is 0 Å². The van der Waals surface area contributed by atoms with Gasteiger partial charge in [0.15, 0.2) is 0 Å². The van der Waals surface area contributed by atoms with Gasteiger partial charge in [-0.1, -0.05) is 11.6 Å². The topological polar surface area (TPSA) is 38.0 Å². The van der Waals surface area contributed by atoms with Crippen molar-refractivity contribution in [2.75, 3.05) is 0 Å². The largest absolute Gasteiger partial charge is 0.398 e. The van der Waals surface area contributed by atoms with E-state index in [-0.39, 0.29) is 0 Å². The molecule has 2 nitrogen and oxygen atoms in total. The van der Waals surface area contributed by atoms with E-state index in [0.29, 0.717) is 5.70 Å². The van der Waals surface area contributed by atoms with E-state index in [0.717, 1.165) is 0 Å².